The Bertz CT molecular complexity index is 357. The maximum absolute atomic E-state index is 3.63. The van der Waals surface area contributed by atoms with Gasteiger partial charge in [0.1, 0.15) is 0 Å². The van der Waals surface area contributed by atoms with Crippen molar-refractivity contribution in [3.05, 3.63) is 34.3 Å². The van der Waals surface area contributed by atoms with E-state index >= 15 is 0 Å². The molecule has 1 aliphatic rings. The lowest BCUT2D eigenvalue weighted by atomic mass is 9.95. The second-order valence-electron chi connectivity index (χ2n) is 5.89. The van der Waals surface area contributed by atoms with Crippen molar-refractivity contribution in [2.24, 2.45) is 0 Å². The minimum absolute atomic E-state index is 0.213. The predicted octanol–water partition coefficient (Wildman–Crippen LogP) is 3.87. The van der Waals surface area contributed by atoms with Gasteiger partial charge in [0.15, 0.2) is 0 Å². The van der Waals surface area contributed by atoms with Crippen LogP contribution in [0.3, 0.4) is 0 Å². The first kappa shape index (κ1) is 12.1. The third-order valence-corrected chi connectivity index (χ3v) is 3.80. The Hall–Kier alpha value is -0.340. The first-order valence-corrected chi connectivity index (χ1v) is 6.72. The molecule has 0 amide bonds. The van der Waals surface area contributed by atoms with Crippen LogP contribution < -0.4 is 5.32 Å². The van der Waals surface area contributed by atoms with Crippen LogP contribution in [0.25, 0.3) is 0 Å². The van der Waals surface area contributed by atoms with Gasteiger partial charge in [-0.15, -0.1) is 0 Å². The van der Waals surface area contributed by atoms with Crippen molar-refractivity contribution < 1.29 is 0 Å². The van der Waals surface area contributed by atoms with E-state index in [0.29, 0.717) is 5.41 Å². The van der Waals surface area contributed by atoms with Crippen molar-refractivity contribution >= 4 is 15.9 Å². The second-order valence-corrected chi connectivity index (χ2v) is 6.81. The molecule has 2 rings (SSSR count). The molecule has 1 aromatic rings. The smallest absolute Gasteiger partial charge is 0.0175 e. The fraction of sp³-hybridized carbons (Fsp3) is 0.571. The van der Waals surface area contributed by atoms with E-state index in [2.05, 4.69) is 66.3 Å². The number of benzene rings is 1. The lowest BCUT2D eigenvalue weighted by Gasteiger charge is -2.25. The SMILES string of the molecule is CC(C)(C)NCC1(c2ccc(Br)cc2)CC1. The Balaban J connectivity index is 2.06. The fourth-order valence-corrected chi connectivity index (χ4v) is 2.22. The van der Waals surface area contributed by atoms with Crippen molar-refractivity contribution in [3.8, 4) is 0 Å². The third kappa shape index (κ3) is 2.86. The van der Waals surface area contributed by atoms with Gasteiger partial charge in [-0.1, -0.05) is 28.1 Å². The van der Waals surface area contributed by atoms with E-state index in [1.54, 1.807) is 0 Å². The molecule has 0 atom stereocenters. The second kappa shape index (κ2) is 4.15. The highest BCUT2D eigenvalue weighted by molar-refractivity contribution is 9.10. The van der Waals surface area contributed by atoms with Crippen molar-refractivity contribution in [1.82, 2.24) is 5.32 Å². The van der Waals surface area contributed by atoms with Crippen LogP contribution in [0.4, 0.5) is 0 Å². The van der Waals surface area contributed by atoms with Crippen molar-refractivity contribution in [2.75, 3.05) is 6.54 Å². The van der Waals surface area contributed by atoms with Crippen LogP contribution in [-0.4, -0.2) is 12.1 Å². The van der Waals surface area contributed by atoms with E-state index < -0.39 is 0 Å². The minimum atomic E-state index is 0.213. The highest BCUT2D eigenvalue weighted by atomic mass is 79.9. The summed E-state index contributed by atoms with van der Waals surface area (Å²) in [6.45, 7) is 7.78. The molecule has 0 aromatic heterocycles. The molecular weight excluding hydrogens is 262 g/mol. The molecule has 0 unspecified atom stereocenters. The molecule has 16 heavy (non-hydrogen) atoms. The summed E-state index contributed by atoms with van der Waals surface area (Å²) in [6, 6.07) is 8.79. The van der Waals surface area contributed by atoms with Gasteiger partial charge >= 0.3 is 0 Å². The Morgan fingerprint density at radius 3 is 2.19 bits per heavy atom. The lowest BCUT2D eigenvalue weighted by molar-refractivity contribution is 0.400. The van der Waals surface area contributed by atoms with Crippen molar-refractivity contribution in [3.63, 3.8) is 0 Å². The van der Waals surface area contributed by atoms with E-state index in [1.165, 1.54) is 18.4 Å². The zero-order valence-corrected chi connectivity index (χ0v) is 11.9. The number of rotatable bonds is 3. The van der Waals surface area contributed by atoms with Crippen molar-refractivity contribution in [1.29, 1.82) is 0 Å². The van der Waals surface area contributed by atoms with Crippen LogP contribution in [0.1, 0.15) is 39.2 Å². The Morgan fingerprint density at radius 2 is 1.75 bits per heavy atom. The van der Waals surface area contributed by atoms with E-state index in [-0.39, 0.29) is 5.54 Å². The highest BCUT2D eigenvalue weighted by Gasteiger charge is 2.44. The summed E-state index contributed by atoms with van der Waals surface area (Å²) >= 11 is 3.49. The Labute approximate surface area is 107 Å². The van der Waals surface area contributed by atoms with Gasteiger partial charge in [-0.2, -0.15) is 0 Å². The van der Waals surface area contributed by atoms with Gasteiger partial charge < -0.3 is 5.32 Å². The van der Waals surface area contributed by atoms with Crippen LogP contribution in [0.5, 0.6) is 0 Å². The fourth-order valence-electron chi connectivity index (χ4n) is 1.96. The largest absolute Gasteiger partial charge is 0.311 e. The summed E-state index contributed by atoms with van der Waals surface area (Å²) in [5.41, 5.74) is 2.10. The highest BCUT2D eigenvalue weighted by Crippen LogP contribution is 2.48. The summed E-state index contributed by atoms with van der Waals surface area (Å²) in [5.74, 6) is 0. The molecule has 0 radical (unpaired) electrons. The van der Waals surface area contributed by atoms with Gasteiger partial charge in [-0.25, -0.2) is 0 Å². The monoisotopic (exact) mass is 281 g/mol. The van der Waals surface area contributed by atoms with Gasteiger partial charge in [0.2, 0.25) is 0 Å². The zero-order valence-electron chi connectivity index (χ0n) is 10.3. The molecule has 88 valence electrons. The molecule has 1 saturated carbocycles. The first-order chi connectivity index (χ1) is 7.41. The number of halogens is 1. The Morgan fingerprint density at radius 1 is 1.19 bits per heavy atom. The molecule has 0 saturated heterocycles. The standard InChI is InChI=1S/C14H20BrN/c1-13(2,3)16-10-14(8-9-14)11-4-6-12(15)7-5-11/h4-7,16H,8-10H2,1-3H3. The number of hydrogen-bond acceptors (Lipinski definition) is 1. The van der Waals surface area contributed by atoms with Gasteiger partial charge in [-0.3, -0.25) is 0 Å². The molecule has 1 nitrogen and oxygen atoms in total. The maximum Gasteiger partial charge on any atom is 0.0175 e. The van der Waals surface area contributed by atoms with Gasteiger partial charge in [0.05, 0.1) is 0 Å². The Kier molecular flexibility index (Phi) is 3.15. The molecule has 1 N–H and O–H groups in total. The van der Waals surface area contributed by atoms with Crippen LogP contribution in [-0.2, 0) is 5.41 Å². The normalized spacial score (nSPS) is 18.5. The molecular formula is C14H20BrN. The summed E-state index contributed by atoms with van der Waals surface area (Å²) in [4.78, 5) is 0. The lowest BCUT2D eigenvalue weighted by Crippen LogP contribution is -2.40. The molecule has 1 fully saturated rings. The number of hydrogen-bond donors (Lipinski definition) is 1. The van der Waals surface area contributed by atoms with Crippen LogP contribution in [0, 0.1) is 0 Å². The zero-order chi connectivity index (χ0) is 11.8. The van der Waals surface area contributed by atoms with E-state index in [0.717, 1.165) is 11.0 Å². The first-order valence-electron chi connectivity index (χ1n) is 5.92. The molecule has 0 aliphatic heterocycles. The van der Waals surface area contributed by atoms with E-state index in [9.17, 15) is 0 Å². The molecule has 1 aromatic carbocycles. The average molecular weight is 282 g/mol. The van der Waals surface area contributed by atoms with Crippen LogP contribution in [0.15, 0.2) is 28.7 Å². The van der Waals surface area contributed by atoms with E-state index in [1.807, 2.05) is 0 Å². The van der Waals surface area contributed by atoms with Gasteiger partial charge in [-0.05, 0) is 51.3 Å². The van der Waals surface area contributed by atoms with Gasteiger partial charge in [0.25, 0.3) is 0 Å². The van der Waals surface area contributed by atoms with Crippen molar-refractivity contribution in [2.45, 2.75) is 44.6 Å². The molecule has 2 heteroatoms. The topological polar surface area (TPSA) is 12.0 Å². The average Bonchev–Trinajstić information content (AvgIpc) is 2.96. The summed E-state index contributed by atoms with van der Waals surface area (Å²) in [5, 5.41) is 3.63. The summed E-state index contributed by atoms with van der Waals surface area (Å²) in [6.07, 6.45) is 2.63. The molecule has 1 aliphatic carbocycles. The summed E-state index contributed by atoms with van der Waals surface area (Å²) in [7, 11) is 0. The number of nitrogens with one attached hydrogen (secondary N) is 1. The van der Waals surface area contributed by atoms with Crippen LogP contribution in [0.2, 0.25) is 0 Å². The predicted molar refractivity (Wildman–Crippen MR) is 72.8 cm³/mol. The minimum Gasteiger partial charge on any atom is -0.311 e. The molecule has 0 heterocycles. The maximum atomic E-state index is 3.63. The summed E-state index contributed by atoms with van der Waals surface area (Å²) < 4.78 is 1.16. The van der Waals surface area contributed by atoms with Crippen LogP contribution >= 0.6 is 15.9 Å². The molecule has 0 spiro atoms. The van der Waals surface area contributed by atoms with E-state index in [4.69, 9.17) is 0 Å². The molecule has 0 bridgehead atoms. The third-order valence-electron chi connectivity index (χ3n) is 3.27. The van der Waals surface area contributed by atoms with Gasteiger partial charge in [0, 0.05) is 22.0 Å². The quantitative estimate of drug-likeness (QED) is 0.887.